The van der Waals surface area contributed by atoms with Crippen LogP contribution in [0.3, 0.4) is 0 Å². The van der Waals surface area contributed by atoms with E-state index < -0.39 is 6.10 Å². The van der Waals surface area contributed by atoms with E-state index in [1.165, 1.54) is 12.1 Å². The smallest absolute Gasteiger partial charge is 0.123 e. The van der Waals surface area contributed by atoms with E-state index >= 15 is 0 Å². The molecule has 1 rings (SSSR count). The maximum atomic E-state index is 13.3. The highest BCUT2D eigenvalue weighted by atomic mass is 19.1. The normalized spacial score (nSPS) is 15.3. The third-order valence-corrected chi connectivity index (χ3v) is 3.29. The molecule has 0 fully saturated rings. The first-order valence-corrected chi connectivity index (χ1v) is 6.80. The molecule has 3 heteroatoms. The average Bonchev–Trinajstić information content (AvgIpc) is 2.29. The zero-order valence-corrected chi connectivity index (χ0v) is 12.5. The lowest BCUT2D eigenvalue weighted by Crippen LogP contribution is -2.41. The number of rotatable bonds is 5. The van der Waals surface area contributed by atoms with E-state index in [2.05, 4.69) is 0 Å². The summed E-state index contributed by atoms with van der Waals surface area (Å²) in [6.07, 6.45) is -0.494. The van der Waals surface area contributed by atoms with Crippen molar-refractivity contribution in [3.63, 3.8) is 0 Å². The molecule has 1 aromatic carbocycles. The van der Waals surface area contributed by atoms with Gasteiger partial charge in [-0.25, -0.2) is 4.39 Å². The predicted octanol–water partition coefficient (Wildman–Crippen LogP) is 3.49. The molecule has 1 N–H and O–H groups in total. The largest absolute Gasteiger partial charge is 0.390 e. The molecular weight excluding hydrogens is 243 g/mol. The van der Waals surface area contributed by atoms with Gasteiger partial charge in [0.2, 0.25) is 0 Å². The Bertz CT molecular complexity index is 410. The maximum Gasteiger partial charge on any atom is 0.123 e. The number of benzene rings is 1. The van der Waals surface area contributed by atoms with Crippen molar-refractivity contribution in [3.05, 3.63) is 35.1 Å². The number of aliphatic hydroxyl groups excluding tert-OH is 1. The molecule has 0 aliphatic heterocycles. The van der Waals surface area contributed by atoms with Crippen molar-refractivity contribution >= 4 is 0 Å². The Morgan fingerprint density at radius 2 is 1.95 bits per heavy atom. The number of aliphatic hydroxyl groups is 1. The van der Waals surface area contributed by atoms with Crippen LogP contribution < -0.4 is 0 Å². The van der Waals surface area contributed by atoms with Crippen molar-refractivity contribution in [2.24, 2.45) is 5.41 Å². The van der Waals surface area contributed by atoms with Gasteiger partial charge in [-0.1, -0.05) is 26.8 Å². The van der Waals surface area contributed by atoms with E-state index in [0.29, 0.717) is 13.0 Å². The Labute approximate surface area is 115 Å². The van der Waals surface area contributed by atoms with E-state index in [-0.39, 0.29) is 17.3 Å². The fraction of sp³-hybridized carbons (Fsp3) is 0.625. The summed E-state index contributed by atoms with van der Waals surface area (Å²) in [4.78, 5) is 0. The molecule has 0 radical (unpaired) electrons. The molecular formula is C16H25FO2. The quantitative estimate of drug-likeness (QED) is 0.885. The van der Waals surface area contributed by atoms with Gasteiger partial charge in [-0.3, -0.25) is 0 Å². The molecule has 0 aliphatic carbocycles. The van der Waals surface area contributed by atoms with Crippen LogP contribution in [0.5, 0.6) is 0 Å². The van der Waals surface area contributed by atoms with Crippen molar-refractivity contribution in [1.29, 1.82) is 0 Å². The molecule has 0 saturated carbocycles. The maximum absolute atomic E-state index is 13.3. The first kappa shape index (κ1) is 16.1. The van der Waals surface area contributed by atoms with Crippen LogP contribution in [-0.2, 0) is 11.2 Å². The van der Waals surface area contributed by atoms with Gasteiger partial charge in [0.05, 0.1) is 12.2 Å². The van der Waals surface area contributed by atoms with Gasteiger partial charge in [-0.15, -0.1) is 0 Å². The summed E-state index contributed by atoms with van der Waals surface area (Å²) >= 11 is 0. The second kappa shape index (κ2) is 6.49. The van der Waals surface area contributed by atoms with Crippen molar-refractivity contribution in [2.75, 3.05) is 6.61 Å². The SMILES string of the molecule is CCOC(C(O)Cc1cc(F)ccc1C)C(C)(C)C. The van der Waals surface area contributed by atoms with E-state index in [4.69, 9.17) is 4.74 Å². The second-order valence-electron chi connectivity index (χ2n) is 6.08. The lowest BCUT2D eigenvalue weighted by atomic mass is 9.83. The molecule has 0 bridgehead atoms. The van der Waals surface area contributed by atoms with Gasteiger partial charge in [0, 0.05) is 13.0 Å². The Balaban J connectivity index is 2.87. The van der Waals surface area contributed by atoms with E-state index in [0.717, 1.165) is 11.1 Å². The van der Waals surface area contributed by atoms with Crippen LogP contribution in [0.25, 0.3) is 0 Å². The van der Waals surface area contributed by atoms with Gasteiger partial charge < -0.3 is 9.84 Å². The first-order chi connectivity index (χ1) is 8.75. The van der Waals surface area contributed by atoms with Crippen LogP contribution in [0.2, 0.25) is 0 Å². The highest BCUT2D eigenvalue weighted by molar-refractivity contribution is 5.27. The molecule has 0 aromatic heterocycles. The summed E-state index contributed by atoms with van der Waals surface area (Å²) in [7, 11) is 0. The Morgan fingerprint density at radius 1 is 1.32 bits per heavy atom. The van der Waals surface area contributed by atoms with Crippen LogP contribution in [0.4, 0.5) is 4.39 Å². The summed E-state index contributed by atoms with van der Waals surface area (Å²) in [6.45, 7) is 10.5. The van der Waals surface area contributed by atoms with Crippen LogP contribution in [0, 0.1) is 18.2 Å². The summed E-state index contributed by atoms with van der Waals surface area (Å²) in [5.74, 6) is -0.267. The van der Waals surface area contributed by atoms with Crippen molar-refractivity contribution in [3.8, 4) is 0 Å². The van der Waals surface area contributed by atoms with Crippen LogP contribution in [-0.4, -0.2) is 23.9 Å². The van der Waals surface area contributed by atoms with Crippen molar-refractivity contribution in [2.45, 2.75) is 53.2 Å². The number of ether oxygens (including phenoxy) is 1. The molecule has 1 aromatic rings. The molecule has 0 amide bonds. The minimum atomic E-state index is -0.638. The Kier molecular flexibility index (Phi) is 5.50. The molecule has 0 aliphatic rings. The molecule has 0 saturated heterocycles. The third kappa shape index (κ3) is 4.59. The van der Waals surface area contributed by atoms with Gasteiger partial charge in [0.15, 0.2) is 0 Å². The van der Waals surface area contributed by atoms with E-state index in [1.807, 2.05) is 34.6 Å². The minimum Gasteiger partial charge on any atom is -0.390 e. The lowest BCUT2D eigenvalue weighted by molar-refractivity contribution is -0.0874. The van der Waals surface area contributed by atoms with Gasteiger partial charge >= 0.3 is 0 Å². The molecule has 0 heterocycles. The molecule has 0 spiro atoms. The predicted molar refractivity (Wildman–Crippen MR) is 75.7 cm³/mol. The molecule has 2 nitrogen and oxygen atoms in total. The van der Waals surface area contributed by atoms with Crippen LogP contribution in [0.15, 0.2) is 18.2 Å². The summed E-state index contributed by atoms with van der Waals surface area (Å²) in [5, 5.41) is 10.4. The topological polar surface area (TPSA) is 29.5 Å². The highest BCUT2D eigenvalue weighted by Crippen LogP contribution is 2.27. The van der Waals surface area contributed by atoms with E-state index in [1.54, 1.807) is 6.07 Å². The third-order valence-electron chi connectivity index (χ3n) is 3.29. The fourth-order valence-corrected chi connectivity index (χ4v) is 2.31. The van der Waals surface area contributed by atoms with Gasteiger partial charge in [0.1, 0.15) is 5.82 Å². The van der Waals surface area contributed by atoms with Gasteiger partial charge in [-0.05, 0) is 42.5 Å². The minimum absolute atomic E-state index is 0.156. The average molecular weight is 268 g/mol. The second-order valence-corrected chi connectivity index (χ2v) is 6.08. The zero-order valence-electron chi connectivity index (χ0n) is 12.5. The van der Waals surface area contributed by atoms with E-state index in [9.17, 15) is 9.50 Å². The van der Waals surface area contributed by atoms with Crippen molar-refractivity contribution in [1.82, 2.24) is 0 Å². The zero-order chi connectivity index (χ0) is 14.6. The number of hydrogen-bond acceptors (Lipinski definition) is 2. The molecule has 2 unspecified atom stereocenters. The summed E-state index contributed by atoms with van der Waals surface area (Å²) < 4.78 is 18.9. The summed E-state index contributed by atoms with van der Waals surface area (Å²) in [5.41, 5.74) is 1.67. The Hall–Kier alpha value is -0.930. The van der Waals surface area contributed by atoms with Gasteiger partial charge in [0.25, 0.3) is 0 Å². The monoisotopic (exact) mass is 268 g/mol. The first-order valence-electron chi connectivity index (χ1n) is 6.80. The standard InChI is InChI=1S/C16H25FO2/c1-6-19-15(16(3,4)5)14(18)10-12-9-13(17)8-7-11(12)2/h7-9,14-15,18H,6,10H2,1-5H3. The molecule has 108 valence electrons. The Morgan fingerprint density at radius 3 is 2.47 bits per heavy atom. The lowest BCUT2D eigenvalue weighted by Gasteiger charge is -2.34. The molecule has 2 atom stereocenters. The number of aryl methyl sites for hydroxylation is 1. The van der Waals surface area contributed by atoms with Crippen molar-refractivity contribution < 1.29 is 14.2 Å². The van der Waals surface area contributed by atoms with Gasteiger partial charge in [-0.2, -0.15) is 0 Å². The fourth-order valence-electron chi connectivity index (χ4n) is 2.31. The number of hydrogen-bond donors (Lipinski definition) is 1. The summed E-state index contributed by atoms with van der Waals surface area (Å²) in [6, 6.07) is 4.67. The van der Waals surface area contributed by atoms with Crippen LogP contribution >= 0.6 is 0 Å². The molecule has 19 heavy (non-hydrogen) atoms. The van der Waals surface area contributed by atoms with Crippen LogP contribution in [0.1, 0.15) is 38.8 Å². The highest BCUT2D eigenvalue weighted by Gasteiger charge is 2.32. The number of halogens is 1.